The predicted molar refractivity (Wildman–Crippen MR) is 102 cm³/mol. The smallest absolute Gasteiger partial charge is 0.353 e. The minimum atomic E-state index is -0.558. The molecule has 1 N–H and O–H groups in total. The van der Waals surface area contributed by atoms with Gasteiger partial charge in [-0.25, -0.2) is 9.97 Å². The molecule has 2 aromatic rings. The molecule has 1 aromatic carbocycles. The summed E-state index contributed by atoms with van der Waals surface area (Å²) in [6.45, 7) is 0.777. The van der Waals surface area contributed by atoms with Crippen LogP contribution in [-0.2, 0) is 6.54 Å². The SMILES string of the molecule is COc1ccc(CNc2ncnc(N(CCC#N)CCC#N)c2[N+](=O)[O-])cc1. The van der Waals surface area contributed by atoms with Crippen LogP contribution in [0.3, 0.4) is 0 Å². The van der Waals surface area contributed by atoms with Crippen LogP contribution in [0.15, 0.2) is 30.6 Å². The van der Waals surface area contributed by atoms with Crippen molar-refractivity contribution in [2.75, 3.05) is 30.4 Å². The average molecular weight is 381 g/mol. The van der Waals surface area contributed by atoms with E-state index >= 15 is 0 Å². The number of benzene rings is 1. The normalized spacial score (nSPS) is 9.82. The first-order chi connectivity index (χ1) is 13.6. The molecule has 0 atom stereocenters. The van der Waals surface area contributed by atoms with Crippen LogP contribution in [0.1, 0.15) is 18.4 Å². The van der Waals surface area contributed by atoms with Crippen molar-refractivity contribution in [3.63, 3.8) is 0 Å². The van der Waals surface area contributed by atoms with E-state index in [4.69, 9.17) is 15.3 Å². The minimum absolute atomic E-state index is 0.0738. The number of nitrogens with zero attached hydrogens (tertiary/aromatic N) is 6. The number of methoxy groups -OCH3 is 1. The largest absolute Gasteiger partial charge is 0.497 e. The van der Waals surface area contributed by atoms with Crippen molar-refractivity contribution in [2.45, 2.75) is 19.4 Å². The maximum Gasteiger partial charge on any atom is 0.353 e. The molecule has 0 saturated heterocycles. The van der Waals surface area contributed by atoms with Gasteiger partial charge in [-0.15, -0.1) is 0 Å². The molecule has 1 aromatic heterocycles. The summed E-state index contributed by atoms with van der Waals surface area (Å²) in [6.07, 6.45) is 1.53. The molecular weight excluding hydrogens is 362 g/mol. The Hall–Kier alpha value is -3.92. The van der Waals surface area contributed by atoms with Gasteiger partial charge in [-0.1, -0.05) is 12.1 Å². The van der Waals surface area contributed by atoms with Crippen LogP contribution in [0, 0.1) is 32.8 Å². The van der Waals surface area contributed by atoms with E-state index in [0.29, 0.717) is 12.3 Å². The van der Waals surface area contributed by atoms with E-state index in [9.17, 15) is 10.1 Å². The highest BCUT2D eigenvalue weighted by Gasteiger charge is 2.26. The fourth-order valence-electron chi connectivity index (χ4n) is 2.52. The first-order valence-electron chi connectivity index (χ1n) is 8.45. The molecule has 10 heteroatoms. The van der Waals surface area contributed by atoms with Gasteiger partial charge in [-0.3, -0.25) is 10.1 Å². The van der Waals surface area contributed by atoms with E-state index in [2.05, 4.69) is 15.3 Å². The lowest BCUT2D eigenvalue weighted by molar-refractivity contribution is -0.383. The Morgan fingerprint density at radius 2 is 1.82 bits per heavy atom. The molecule has 0 fully saturated rings. The standard InChI is InChI=1S/C18H19N7O3/c1-28-15-6-4-14(5-7-15)12-21-17-16(25(26)27)18(23-13-22-17)24(10-2-8-19)11-3-9-20/h4-7,13H,2-3,10-12H2,1H3,(H,21,22,23). The van der Waals surface area contributed by atoms with Crippen LogP contribution in [0.2, 0.25) is 0 Å². The maximum atomic E-state index is 11.7. The predicted octanol–water partition coefficient (Wildman–Crippen LogP) is 2.64. The highest BCUT2D eigenvalue weighted by atomic mass is 16.6. The molecular formula is C18H19N7O3. The summed E-state index contributed by atoms with van der Waals surface area (Å²) >= 11 is 0. The lowest BCUT2D eigenvalue weighted by Gasteiger charge is -2.21. The monoisotopic (exact) mass is 381 g/mol. The van der Waals surface area contributed by atoms with Gasteiger partial charge in [-0.2, -0.15) is 10.5 Å². The number of nitrogens with one attached hydrogen (secondary N) is 1. The molecule has 0 radical (unpaired) electrons. The average Bonchev–Trinajstić information content (AvgIpc) is 2.72. The van der Waals surface area contributed by atoms with Gasteiger partial charge in [0.1, 0.15) is 12.1 Å². The van der Waals surface area contributed by atoms with E-state index in [0.717, 1.165) is 5.56 Å². The Morgan fingerprint density at radius 1 is 1.18 bits per heavy atom. The first-order valence-corrected chi connectivity index (χ1v) is 8.45. The minimum Gasteiger partial charge on any atom is -0.497 e. The Morgan fingerprint density at radius 3 is 2.36 bits per heavy atom. The highest BCUT2D eigenvalue weighted by molar-refractivity contribution is 5.70. The Balaban J connectivity index is 2.28. The van der Waals surface area contributed by atoms with Gasteiger partial charge in [0.2, 0.25) is 11.6 Å². The molecule has 0 aliphatic carbocycles. The van der Waals surface area contributed by atoms with Crippen molar-refractivity contribution in [1.82, 2.24) is 9.97 Å². The third-order valence-electron chi connectivity index (χ3n) is 3.89. The van der Waals surface area contributed by atoms with Crippen LogP contribution < -0.4 is 15.0 Å². The summed E-state index contributed by atoms with van der Waals surface area (Å²) < 4.78 is 5.11. The lowest BCUT2D eigenvalue weighted by Crippen LogP contribution is -2.27. The first kappa shape index (κ1) is 20.4. The number of hydrogen-bond acceptors (Lipinski definition) is 9. The molecule has 0 aliphatic heterocycles. The van der Waals surface area contributed by atoms with Crippen molar-refractivity contribution in [3.8, 4) is 17.9 Å². The molecule has 0 unspecified atom stereocenters. The third-order valence-corrected chi connectivity index (χ3v) is 3.89. The van der Waals surface area contributed by atoms with Crippen molar-refractivity contribution >= 4 is 17.3 Å². The number of rotatable bonds is 10. The fraction of sp³-hybridized carbons (Fsp3) is 0.333. The number of aromatic nitrogens is 2. The van der Waals surface area contributed by atoms with E-state index in [-0.39, 0.29) is 43.3 Å². The number of anilines is 2. The van der Waals surface area contributed by atoms with E-state index in [1.807, 2.05) is 24.3 Å². The molecule has 0 aliphatic rings. The summed E-state index contributed by atoms with van der Waals surface area (Å²) in [6, 6.07) is 11.3. The van der Waals surface area contributed by atoms with Crippen molar-refractivity contribution in [1.29, 1.82) is 10.5 Å². The summed E-state index contributed by atoms with van der Waals surface area (Å²) in [5.41, 5.74) is 0.605. The fourth-order valence-corrected chi connectivity index (χ4v) is 2.52. The van der Waals surface area contributed by atoms with E-state index in [1.54, 1.807) is 24.1 Å². The van der Waals surface area contributed by atoms with Crippen LogP contribution in [0.4, 0.5) is 17.3 Å². The molecule has 2 rings (SSSR count). The number of nitriles is 2. The Kier molecular flexibility index (Phi) is 7.49. The van der Waals surface area contributed by atoms with E-state index in [1.165, 1.54) is 6.33 Å². The summed E-state index contributed by atoms with van der Waals surface area (Å²) in [5, 5.41) is 32.3. The third kappa shape index (κ3) is 5.29. The molecule has 28 heavy (non-hydrogen) atoms. The molecule has 144 valence electrons. The van der Waals surface area contributed by atoms with Gasteiger partial charge in [0.25, 0.3) is 0 Å². The quantitative estimate of drug-likeness (QED) is 0.485. The van der Waals surface area contributed by atoms with Gasteiger partial charge in [0.05, 0.1) is 37.0 Å². The van der Waals surface area contributed by atoms with Gasteiger partial charge >= 0.3 is 5.69 Å². The topological polar surface area (TPSA) is 141 Å². The lowest BCUT2D eigenvalue weighted by atomic mass is 10.2. The van der Waals surface area contributed by atoms with Crippen LogP contribution in [0.5, 0.6) is 5.75 Å². The molecule has 0 bridgehead atoms. The highest BCUT2D eigenvalue weighted by Crippen LogP contribution is 2.32. The number of hydrogen-bond donors (Lipinski definition) is 1. The number of nitro groups is 1. The summed E-state index contributed by atoms with van der Waals surface area (Å²) in [4.78, 5) is 20.8. The van der Waals surface area contributed by atoms with Crippen LogP contribution in [0.25, 0.3) is 0 Å². The van der Waals surface area contributed by atoms with Crippen LogP contribution >= 0.6 is 0 Å². The molecule has 0 saturated carbocycles. The van der Waals surface area contributed by atoms with Gasteiger partial charge in [-0.05, 0) is 17.7 Å². The number of ether oxygens (including phenoxy) is 1. The second-order valence-electron chi connectivity index (χ2n) is 5.66. The zero-order valence-corrected chi connectivity index (χ0v) is 15.3. The van der Waals surface area contributed by atoms with Gasteiger partial charge in [0, 0.05) is 19.6 Å². The van der Waals surface area contributed by atoms with Crippen molar-refractivity contribution in [2.24, 2.45) is 0 Å². The molecule has 1 heterocycles. The molecule has 0 spiro atoms. The maximum absolute atomic E-state index is 11.7. The second-order valence-corrected chi connectivity index (χ2v) is 5.66. The van der Waals surface area contributed by atoms with Gasteiger partial charge in [0.15, 0.2) is 0 Å². The van der Waals surface area contributed by atoms with Gasteiger partial charge < -0.3 is 15.0 Å². The zero-order valence-electron chi connectivity index (χ0n) is 15.3. The molecule has 0 amide bonds. The van der Waals surface area contributed by atoms with E-state index < -0.39 is 4.92 Å². The summed E-state index contributed by atoms with van der Waals surface area (Å²) in [7, 11) is 1.57. The van der Waals surface area contributed by atoms with Crippen molar-refractivity contribution < 1.29 is 9.66 Å². The summed E-state index contributed by atoms with van der Waals surface area (Å²) in [5.74, 6) is 0.872. The Labute approximate surface area is 162 Å². The Bertz CT molecular complexity index is 870. The second kappa shape index (κ2) is 10.3. The zero-order chi connectivity index (χ0) is 20.4. The van der Waals surface area contributed by atoms with Crippen molar-refractivity contribution in [3.05, 3.63) is 46.3 Å². The molecule has 10 nitrogen and oxygen atoms in total. The van der Waals surface area contributed by atoms with Crippen LogP contribution in [-0.4, -0.2) is 35.1 Å².